The van der Waals surface area contributed by atoms with Gasteiger partial charge in [0.2, 0.25) is 0 Å². The van der Waals surface area contributed by atoms with Gasteiger partial charge in [-0.2, -0.15) is 24.3 Å². The maximum atomic E-state index is 5.52. The lowest BCUT2D eigenvalue weighted by Crippen LogP contribution is -2.00. The molecule has 0 aliphatic heterocycles. The summed E-state index contributed by atoms with van der Waals surface area (Å²) < 4.78 is 5.52. The average molecular weight is 211 g/mol. The first-order chi connectivity index (χ1) is 7.75. The first-order valence-electron chi connectivity index (χ1n) is 5.39. The van der Waals surface area contributed by atoms with Gasteiger partial charge in [-0.1, -0.05) is 35.9 Å². The van der Waals surface area contributed by atoms with Gasteiger partial charge >= 0.3 is 0 Å². The SMILES string of the molecule is C[C-](C)[O+]=c1ccc(-c2ccccc2)c[cH-]1. The van der Waals surface area contributed by atoms with Gasteiger partial charge in [-0.05, 0) is 13.8 Å². The Hall–Kier alpha value is -1.89. The largest absolute Gasteiger partial charge is 0.414 e. The van der Waals surface area contributed by atoms with E-state index in [1.165, 1.54) is 11.1 Å². The smallest absolute Gasteiger partial charge is 0.146 e. The lowest BCUT2D eigenvalue weighted by atomic mass is 10.1. The standard InChI is InChI=1S/C15H15O/c1-12(2)16-15-10-8-14(9-11-15)13-6-4-3-5-7-13/h3-11H,1-2H3/q-1. The summed E-state index contributed by atoms with van der Waals surface area (Å²) in [5.41, 5.74) is 3.33. The molecule has 0 N–H and O–H groups in total. The van der Waals surface area contributed by atoms with Gasteiger partial charge in [0.1, 0.15) is 6.10 Å². The van der Waals surface area contributed by atoms with Crippen LogP contribution in [0.4, 0.5) is 0 Å². The van der Waals surface area contributed by atoms with Gasteiger partial charge in [0.25, 0.3) is 0 Å². The Balaban J connectivity index is 2.34. The average Bonchev–Trinajstić information content (AvgIpc) is 2.30. The molecule has 82 valence electrons. The van der Waals surface area contributed by atoms with E-state index in [-0.39, 0.29) is 0 Å². The normalized spacial score (nSPS) is 9.88. The molecule has 0 unspecified atom stereocenters. The second kappa shape index (κ2) is 4.75. The third-order valence-corrected chi connectivity index (χ3v) is 2.28. The maximum Gasteiger partial charge on any atom is 0.146 e. The lowest BCUT2D eigenvalue weighted by Gasteiger charge is -2.07. The van der Waals surface area contributed by atoms with E-state index in [9.17, 15) is 0 Å². The number of benzene rings is 2. The molecule has 0 aliphatic rings. The van der Waals surface area contributed by atoms with E-state index in [2.05, 4.69) is 24.3 Å². The van der Waals surface area contributed by atoms with Gasteiger partial charge in [0, 0.05) is 0 Å². The summed E-state index contributed by atoms with van der Waals surface area (Å²) in [6.45, 7) is 3.90. The van der Waals surface area contributed by atoms with Crippen LogP contribution in [0, 0.1) is 6.10 Å². The van der Waals surface area contributed by atoms with Crippen molar-refractivity contribution in [2.24, 2.45) is 0 Å². The Morgan fingerprint density at radius 1 is 0.938 bits per heavy atom. The van der Waals surface area contributed by atoms with Gasteiger partial charge in [-0.25, -0.2) is 0 Å². The van der Waals surface area contributed by atoms with Crippen molar-refractivity contribution in [1.82, 2.24) is 0 Å². The van der Waals surface area contributed by atoms with E-state index >= 15 is 0 Å². The van der Waals surface area contributed by atoms with Crippen molar-refractivity contribution in [3.05, 3.63) is 70.6 Å². The zero-order valence-corrected chi connectivity index (χ0v) is 9.60. The first kappa shape index (κ1) is 10.6. The van der Waals surface area contributed by atoms with Gasteiger partial charge in [0.05, 0.1) is 5.43 Å². The van der Waals surface area contributed by atoms with Crippen LogP contribution in [0.5, 0.6) is 0 Å². The minimum absolute atomic E-state index is 0.889. The highest BCUT2D eigenvalue weighted by atomic mass is 16.4. The molecule has 2 aromatic rings. The lowest BCUT2D eigenvalue weighted by molar-refractivity contribution is 1.14. The number of rotatable bonds is 2. The summed E-state index contributed by atoms with van der Waals surface area (Å²) in [5.74, 6) is 0. The topological polar surface area (TPSA) is 11.3 Å². The molecule has 0 saturated carbocycles. The van der Waals surface area contributed by atoms with Crippen molar-refractivity contribution in [2.75, 3.05) is 0 Å². The molecule has 1 nitrogen and oxygen atoms in total. The van der Waals surface area contributed by atoms with E-state index < -0.39 is 0 Å². The molecular weight excluding hydrogens is 196 g/mol. The molecule has 0 aromatic heterocycles. The van der Waals surface area contributed by atoms with Crippen LogP contribution in [0.2, 0.25) is 0 Å². The van der Waals surface area contributed by atoms with Crippen LogP contribution in [-0.2, 0) is 0 Å². The molecule has 0 radical (unpaired) electrons. The molecule has 0 aliphatic carbocycles. The van der Waals surface area contributed by atoms with Crippen LogP contribution in [0.25, 0.3) is 11.1 Å². The minimum atomic E-state index is 0.889. The quantitative estimate of drug-likeness (QED) is 0.531. The van der Waals surface area contributed by atoms with E-state index in [4.69, 9.17) is 4.42 Å². The van der Waals surface area contributed by atoms with Crippen molar-refractivity contribution in [1.29, 1.82) is 0 Å². The summed E-state index contributed by atoms with van der Waals surface area (Å²) in [6.07, 6.45) is 0.951. The zero-order valence-electron chi connectivity index (χ0n) is 9.60. The summed E-state index contributed by atoms with van der Waals surface area (Å²) in [6, 6.07) is 18.5. The Morgan fingerprint density at radius 2 is 1.69 bits per heavy atom. The summed E-state index contributed by atoms with van der Waals surface area (Å²) in [5, 5.41) is 0. The Labute approximate surface area is 96.1 Å². The fraction of sp³-hybridized carbons (Fsp3) is 0.133. The molecule has 0 bridgehead atoms. The summed E-state index contributed by atoms with van der Waals surface area (Å²) in [4.78, 5) is 0. The van der Waals surface area contributed by atoms with E-state index in [1.54, 1.807) is 0 Å². The van der Waals surface area contributed by atoms with E-state index in [1.807, 2.05) is 44.2 Å². The van der Waals surface area contributed by atoms with Gasteiger partial charge in [-0.15, -0.1) is 5.56 Å². The second-order valence-corrected chi connectivity index (χ2v) is 3.90. The van der Waals surface area contributed by atoms with Gasteiger partial charge < -0.3 is 4.42 Å². The highest BCUT2D eigenvalue weighted by Crippen LogP contribution is 2.16. The van der Waals surface area contributed by atoms with Crippen LogP contribution in [0.15, 0.2) is 59.0 Å². The van der Waals surface area contributed by atoms with Crippen molar-refractivity contribution in [3.63, 3.8) is 0 Å². The molecular formula is C15H15O-. The molecule has 2 aromatic carbocycles. The monoisotopic (exact) mass is 211 g/mol. The van der Waals surface area contributed by atoms with Crippen LogP contribution in [0.3, 0.4) is 0 Å². The van der Waals surface area contributed by atoms with E-state index in [0.717, 1.165) is 11.5 Å². The zero-order chi connectivity index (χ0) is 11.4. The predicted molar refractivity (Wildman–Crippen MR) is 68.3 cm³/mol. The summed E-state index contributed by atoms with van der Waals surface area (Å²) >= 11 is 0. The van der Waals surface area contributed by atoms with Crippen molar-refractivity contribution in [2.45, 2.75) is 13.8 Å². The molecule has 0 fully saturated rings. The van der Waals surface area contributed by atoms with Crippen LogP contribution in [0.1, 0.15) is 13.8 Å². The first-order valence-corrected chi connectivity index (χ1v) is 5.39. The number of hydrogen-bond acceptors (Lipinski definition) is 0. The van der Waals surface area contributed by atoms with Crippen LogP contribution in [-0.4, -0.2) is 0 Å². The minimum Gasteiger partial charge on any atom is -0.414 e. The maximum absolute atomic E-state index is 5.52. The molecule has 0 heterocycles. The Kier molecular flexibility index (Phi) is 3.16. The molecule has 16 heavy (non-hydrogen) atoms. The fourth-order valence-corrected chi connectivity index (χ4v) is 1.58. The van der Waals surface area contributed by atoms with Crippen LogP contribution < -0.4 is 5.43 Å². The summed E-state index contributed by atoms with van der Waals surface area (Å²) in [7, 11) is 0. The van der Waals surface area contributed by atoms with E-state index in [0.29, 0.717) is 0 Å². The Morgan fingerprint density at radius 3 is 2.25 bits per heavy atom. The van der Waals surface area contributed by atoms with Crippen molar-refractivity contribution >= 4 is 0 Å². The van der Waals surface area contributed by atoms with Gasteiger partial charge in [-0.3, -0.25) is 0 Å². The third-order valence-electron chi connectivity index (χ3n) is 2.28. The second-order valence-electron chi connectivity index (χ2n) is 3.90. The Bertz CT molecular complexity index is 486. The molecule has 0 amide bonds. The highest BCUT2D eigenvalue weighted by molar-refractivity contribution is 5.62. The number of hydrogen-bond donors (Lipinski definition) is 0. The molecule has 0 atom stereocenters. The molecule has 0 spiro atoms. The van der Waals surface area contributed by atoms with Crippen molar-refractivity contribution in [3.8, 4) is 11.1 Å². The highest BCUT2D eigenvalue weighted by Gasteiger charge is 1.89. The molecule has 0 saturated heterocycles. The van der Waals surface area contributed by atoms with Crippen LogP contribution >= 0.6 is 0 Å². The van der Waals surface area contributed by atoms with Gasteiger partial charge in [0.15, 0.2) is 0 Å². The molecule has 1 heteroatoms. The predicted octanol–water partition coefficient (Wildman–Crippen LogP) is 3.54. The third kappa shape index (κ3) is 2.57. The molecule has 2 rings (SSSR count). The fourth-order valence-electron chi connectivity index (χ4n) is 1.58. The van der Waals surface area contributed by atoms with Crippen molar-refractivity contribution < 1.29 is 0 Å².